The highest BCUT2D eigenvalue weighted by Gasteiger charge is 2.36. The smallest absolute Gasteiger partial charge is 0.239 e. The molecule has 0 aromatic rings. The summed E-state index contributed by atoms with van der Waals surface area (Å²) in [6.07, 6.45) is -0.0599. The molecule has 0 radical (unpaired) electrons. The van der Waals surface area contributed by atoms with Crippen LogP contribution in [0.25, 0.3) is 0 Å². The van der Waals surface area contributed by atoms with Gasteiger partial charge in [0.25, 0.3) is 0 Å². The molecule has 0 unspecified atom stereocenters. The Hall–Kier alpha value is -0.650. The third-order valence-electron chi connectivity index (χ3n) is 2.60. The molecule has 0 aliphatic carbocycles. The second kappa shape index (κ2) is 5.44. The lowest BCUT2D eigenvalue weighted by Crippen LogP contribution is -2.41. The first-order chi connectivity index (χ1) is 7.10. The van der Waals surface area contributed by atoms with Crippen molar-refractivity contribution >= 4 is 5.91 Å². The van der Waals surface area contributed by atoms with Gasteiger partial charge in [-0.05, 0) is 13.8 Å². The normalized spacial score (nSPS) is 28.1. The zero-order chi connectivity index (χ0) is 11.4. The SMILES string of the molecule is CCO[C@@H]1CN(C(=O)[C@H](C)N)C[C@@H]1OC. The van der Waals surface area contributed by atoms with E-state index in [1.807, 2.05) is 6.92 Å². The highest BCUT2D eigenvalue weighted by atomic mass is 16.5. The molecule has 0 aromatic heterocycles. The van der Waals surface area contributed by atoms with Crippen molar-refractivity contribution < 1.29 is 14.3 Å². The molecular formula is C10H20N2O3. The zero-order valence-electron chi connectivity index (χ0n) is 9.60. The lowest BCUT2D eigenvalue weighted by Gasteiger charge is -2.17. The Morgan fingerprint density at radius 1 is 1.53 bits per heavy atom. The van der Waals surface area contributed by atoms with Crippen LogP contribution < -0.4 is 5.73 Å². The van der Waals surface area contributed by atoms with Crippen molar-refractivity contribution in [2.45, 2.75) is 32.1 Å². The number of carbonyl (C=O) groups is 1. The fourth-order valence-electron chi connectivity index (χ4n) is 1.81. The van der Waals surface area contributed by atoms with Crippen molar-refractivity contribution in [2.75, 3.05) is 26.8 Å². The van der Waals surface area contributed by atoms with Crippen molar-refractivity contribution in [3.05, 3.63) is 0 Å². The Balaban J connectivity index is 2.56. The van der Waals surface area contributed by atoms with E-state index in [1.165, 1.54) is 0 Å². The van der Waals surface area contributed by atoms with E-state index >= 15 is 0 Å². The average Bonchev–Trinajstić information content (AvgIpc) is 2.60. The summed E-state index contributed by atoms with van der Waals surface area (Å²) in [7, 11) is 1.64. The van der Waals surface area contributed by atoms with E-state index in [1.54, 1.807) is 18.9 Å². The summed E-state index contributed by atoms with van der Waals surface area (Å²) in [6.45, 7) is 5.40. The van der Waals surface area contributed by atoms with Crippen LogP contribution in [-0.2, 0) is 14.3 Å². The molecule has 1 aliphatic rings. The molecule has 0 saturated carbocycles. The fourth-order valence-corrected chi connectivity index (χ4v) is 1.81. The fraction of sp³-hybridized carbons (Fsp3) is 0.900. The Morgan fingerprint density at radius 2 is 2.13 bits per heavy atom. The van der Waals surface area contributed by atoms with E-state index in [2.05, 4.69) is 0 Å². The lowest BCUT2D eigenvalue weighted by molar-refractivity contribution is -0.131. The predicted octanol–water partition coefficient (Wildman–Crippen LogP) is -0.404. The summed E-state index contributed by atoms with van der Waals surface area (Å²) < 4.78 is 10.8. The number of rotatable bonds is 4. The highest BCUT2D eigenvalue weighted by Crippen LogP contribution is 2.16. The number of amides is 1. The van der Waals surface area contributed by atoms with Gasteiger partial charge in [0.2, 0.25) is 5.91 Å². The summed E-state index contributed by atoms with van der Waals surface area (Å²) >= 11 is 0. The maximum Gasteiger partial charge on any atom is 0.239 e. The third kappa shape index (κ3) is 2.90. The molecule has 1 saturated heterocycles. The van der Waals surface area contributed by atoms with Crippen LogP contribution in [0.5, 0.6) is 0 Å². The maximum atomic E-state index is 11.6. The molecule has 1 heterocycles. The standard InChI is InChI=1S/C10H20N2O3/c1-4-15-9-6-12(5-8(9)14-3)10(13)7(2)11/h7-9H,4-6,11H2,1-3H3/t7-,8-,9+/m0/s1. The first kappa shape index (κ1) is 12.4. The van der Waals surface area contributed by atoms with Gasteiger partial charge in [-0.25, -0.2) is 0 Å². The van der Waals surface area contributed by atoms with Crippen molar-refractivity contribution in [1.82, 2.24) is 4.90 Å². The van der Waals surface area contributed by atoms with Gasteiger partial charge < -0.3 is 20.1 Å². The molecule has 88 valence electrons. The van der Waals surface area contributed by atoms with E-state index in [4.69, 9.17) is 15.2 Å². The molecule has 5 nitrogen and oxygen atoms in total. The quantitative estimate of drug-likeness (QED) is 0.694. The van der Waals surface area contributed by atoms with Gasteiger partial charge in [0, 0.05) is 26.8 Å². The Labute approximate surface area is 90.5 Å². The van der Waals surface area contributed by atoms with Gasteiger partial charge in [-0.1, -0.05) is 0 Å². The van der Waals surface area contributed by atoms with Gasteiger partial charge in [0.05, 0.1) is 6.04 Å². The minimum atomic E-state index is -0.456. The van der Waals surface area contributed by atoms with E-state index in [-0.39, 0.29) is 18.1 Å². The number of nitrogens with zero attached hydrogens (tertiary/aromatic N) is 1. The summed E-state index contributed by atoms with van der Waals surface area (Å²) in [5.74, 6) is -0.0424. The van der Waals surface area contributed by atoms with E-state index in [0.717, 1.165) is 0 Å². The van der Waals surface area contributed by atoms with Crippen molar-refractivity contribution in [3.8, 4) is 0 Å². The van der Waals surface area contributed by atoms with Crippen LogP contribution in [-0.4, -0.2) is 55.9 Å². The Kier molecular flexibility index (Phi) is 4.50. The average molecular weight is 216 g/mol. The molecule has 1 aliphatic heterocycles. The van der Waals surface area contributed by atoms with Gasteiger partial charge in [0.15, 0.2) is 0 Å². The van der Waals surface area contributed by atoms with E-state index in [0.29, 0.717) is 19.7 Å². The van der Waals surface area contributed by atoms with Crippen LogP contribution in [0.1, 0.15) is 13.8 Å². The summed E-state index contributed by atoms with van der Waals surface area (Å²) in [5, 5.41) is 0. The molecule has 15 heavy (non-hydrogen) atoms. The van der Waals surface area contributed by atoms with Crippen LogP contribution in [0.4, 0.5) is 0 Å². The van der Waals surface area contributed by atoms with Crippen LogP contribution >= 0.6 is 0 Å². The van der Waals surface area contributed by atoms with E-state index < -0.39 is 6.04 Å². The number of likely N-dealkylation sites (tertiary alicyclic amines) is 1. The topological polar surface area (TPSA) is 64.8 Å². The lowest BCUT2D eigenvalue weighted by atomic mass is 10.2. The zero-order valence-corrected chi connectivity index (χ0v) is 9.60. The summed E-state index contributed by atoms with van der Waals surface area (Å²) in [5.41, 5.74) is 5.55. The molecule has 0 bridgehead atoms. The van der Waals surface area contributed by atoms with Crippen LogP contribution in [0.3, 0.4) is 0 Å². The molecule has 3 atom stereocenters. The monoisotopic (exact) mass is 216 g/mol. The van der Waals surface area contributed by atoms with Gasteiger partial charge in [-0.15, -0.1) is 0 Å². The third-order valence-corrected chi connectivity index (χ3v) is 2.60. The maximum absolute atomic E-state index is 11.6. The number of nitrogens with two attached hydrogens (primary N) is 1. The van der Waals surface area contributed by atoms with E-state index in [9.17, 15) is 4.79 Å². The van der Waals surface area contributed by atoms with Gasteiger partial charge >= 0.3 is 0 Å². The molecule has 0 aromatic carbocycles. The number of ether oxygens (including phenoxy) is 2. The number of hydrogen-bond donors (Lipinski definition) is 1. The highest BCUT2D eigenvalue weighted by molar-refractivity contribution is 5.81. The first-order valence-electron chi connectivity index (χ1n) is 5.28. The molecule has 5 heteroatoms. The first-order valence-corrected chi connectivity index (χ1v) is 5.28. The molecule has 0 spiro atoms. The molecule has 1 amide bonds. The van der Waals surface area contributed by atoms with Crippen molar-refractivity contribution in [2.24, 2.45) is 5.73 Å². The van der Waals surface area contributed by atoms with Gasteiger partial charge in [-0.2, -0.15) is 0 Å². The van der Waals surface area contributed by atoms with Crippen LogP contribution in [0.15, 0.2) is 0 Å². The molecular weight excluding hydrogens is 196 g/mol. The number of methoxy groups -OCH3 is 1. The predicted molar refractivity (Wildman–Crippen MR) is 56.4 cm³/mol. The van der Waals surface area contributed by atoms with Gasteiger partial charge in [-0.3, -0.25) is 4.79 Å². The Bertz CT molecular complexity index is 221. The Morgan fingerprint density at radius 3 is 2.60 bits per heavy atom. The largest absolute Gasteiger partial charge is 0.377 e. The second-order valence-corrected chi connectivity index (χ2v) is 3.80. The van der Waals surface area contributed by atoms with Crippen molar-refractivity contribution in [1.29, 1.82) is 0 Å². The van der Waals surface area contributed by atoms with Crippen LogP contribution in [0, 0.1) is 0 Å². The molecule has 1 rings (SSSR count). The second-order valence-electron chi connectivity index (χ2n) is 3.80. The summed E-state index contributed by atoms with van der Waals surface area (Å²) in [6, 6.07) is -0.456. The minimum absolute atomic E-state index is 0.0253. The minimum Gasteiger partial charge on any atom is -0.377 e. The van der Waals surface area contributed by atoms with Crippen LogP contribution in [0.2, 0.25) is 0 Å². The molecule has 1 fully saturated rings. The van der Waals surface area contributed by atoms with Crippen molar-refractivity contribution in [3.63, 3.8) is 0 Å². The van der Waals surface area contributed by atoms with Gasteiger partial charge in [0.1, 0.15) is 12.2 Å². The number of carbonyl (C=O) groups excluding carboxylic acids is 1. The number of hydrogen-bond acceptors (Lipinski definition) is 4. The molecule has 2 N–H and O–H groups in total. The summed E-state index contributed by atoms with van der Waals surface area (Å²) in [4.78, 5) is 13.4.